The molecule has 0 bridgehead atoms. The zero-order chi connectivity index (χ0) is 9.97. The zero-order valence-corrected chi connectivity index (χ0v) is 9.45. The maximum absolute atomic E-state index is 4.11. The van der Waals surface area contributed by atoms with E-state index in [0.717, 1.165) is 10.0 Å². The second kappa shape index (κ2) is 3.93. The van der Waals surface area contributed by atoms with E-state index in [1.165, 1.54) is 11.1 Å². The van der Waals surface area contributed by atoms with Crippen LogP contribution in [0, 0.1) is 6.92 Å². The monoisotopic (exact) mass is 247 g/mol. The van der Waals surface area contributed by atoms with E-state index in [9.17, 15) is 0 Å². The van der Waals surface area contributed by atoms with Gasteiger partial charge in [-0.05, 0) is 40.0 Å². The highest BCUT2D eigenvalue weighted by molar-refractivity contribution is 9.10. The van der Waals surface area contributed by atoms with Crippen molar-refractivity contribution >= 4 is 15.9 Å². The lowest BCUT2D eigenvalue weighted by atomic mass is 10.1. The molecule has 0 fully saturated rings. The third-order valence-electron chi connectivity index (χ3n) is 2.16. The van der Waals surface area contributed by atoms with Gasteiger partial charge in [-0.2, -0.15) is 0 Å². The fourth-order valence-corrected chi connectivity index (χ4v) is 1.89. The van der Waals surface area contributed by atoms with Crippen molar-refractivity contribution < 1.29 is 0 Å². The molecule has 1 aromatic heterocycles. The van der Waals surface area contributed by atoms with Crippen molar-refractivity contribution in [3.8, 4) is 11.1 Å². The summed E-state index contributed by atoms with van der Waals surface area (Å²) in [6.07, 6.45) is 3.66. The Labute approximate surface area is 91.9 Å². The van der Waals surface area contributed by atoms with Crippen LogP contribution in [0.1, 0.15) is 5.56 Å². The molecule has 14 heavy (non-hydrogen) atoms. The van der Waals surface area contributed by atoms with Gasteiger partial charge in [-0.15, -0.1) is 0 Å². The molecule has 0 amide bonds. The van der Waals surface area contributed by atoms with Crippen LogP contribution in [-0.4, -0.2) is 4.98 Å². The van der Waals surface area contributed by atoms with Crippen LogP contribution in [0.3, 0.4) is 0 Å². The Morgan fingerprint density at radius 3 is 2.71 bits per heavy atom. The molecule has 1 nitrogen and oxygen atoms in total. The number of halogens is 1. The SMILES string of the molecule is Cc1cccc(-c2cccnc2)c1Br. The summed E-state index contributed by atoms with van der Waals surface area (Å²) in [5.41, 5.74) is 3.58. The molecule has 2 rings (SSSR count). The van der Waals surface area contributed by atoms with E-state index in [2.05, 4.69) is 52.1 Å². The van der Waals surface area contributed by atoms with Gasteiger partial charge in [-0.1, -0.05) is 24.3 Å². The second-order valence-corrected chi connectivity index (χ2v) is 3.97. The Morgan fingerprint density at radius 1 is 1.14 bits per heavy atom. The normalized spacial score (nSPS) is 10.1. The average Bonchev–Trinajstić information content (AvgIpc) is 2.23. The van der Waals surface area contributed by atoms with Crippen molar-refractivity contribution in [2.45, 2.75) is 6.92 Å². The Kier molecular flexibility index (Phi) is 2.64. The minimum absolute atomic E-state index is 1.14. The molecule has 0 saturated heterocycles. The summed E-state index contributed by atoms with van der Waals surface area (Å²) in [5, 5.41) is 0. The third kappa shape index (κ3) is 1.70. The molecule has 0 spiro atoms. The number of benzene rings is 1. The predicted molar refractivity (Wildman–Crippen MR) is 62.1 cm³/mol. The molecule has 70 valence electrons. The number of hydrogen-bond donors (Lipinski definition) is 0. The number of aryl methyl sites for hydroxylation is 1. The van der Waals surface area contributed by atoms with Crippen LogP contribution < -0.4 is 0 Å². The summed E-state index contributed by atoms with van der Waals surface area (Å²) in [5.74, 6) is 0. The lowest BCUT2D eigenvalue weighted by Crippen LogP contribution is -1.83. The van der Waals surface area contributed by atoms with Gasteiger partial charge in [0.2, 0.25) is 0 Å². The van der Waals surface area contributed by atoms with Crippen molar-refractivity contribution in [1.82, 2.24) is 4.98 Å². The smallest absolute Gasteiger partial charge is 0.0346 e. The van der Waals surface area contributed by atoms with Crippen LogP contribution in [0.15, 0.2) is 47.2 Å². The Balaban J connectivity index is 2.58. The quantitative estimate of drug-likeness (QED) is 0.747. The molecular weight excluding hydrogens is 238 g/mol. The summed E-state index contributed by atoms with van der Waals surface area (Å²) in [7, 11) is 0. The topological polar surface area (TPSA) is 12.9 Å². The lowest BCUT2D eigenvalue weighted by Gasteiger charge is -2.06. The maximum Gasteiger partial charge on any atom is 0.0346 e. The van der Waals surface area contributed by atoms with E-state index >= 15 is 0 Å². The summed E-state index contributed by atoms with van der Waals surface area (Å²) in [6, 6.07) is 10.2. The fraction of sp³-hybridized carbons (Fsp3) is 0.0833. The van der Waals surface area contributed by atoms with E-state index in [1.54, 1.807) is 6.20 Å². The Bertz CT molecular complexity index is 437. The van der Waals surface area contributed by atoms with Gasteiger partial charge in [0.15, 0.2) is 0 Å². The Morgan fingerprint density at radius 2 is 2.00 bits per heavy atom. The predicted octanol–water partition coefficient (Wildman–Crippen LogP) is 3.82. The highest BCUT2D eigenvalue weighted by atomic mass is 79.9. The van der Waals surface area contributed by atoms with Crippen molar-refractivity contribution in [2.24, 2.45) is 0 Å². The van der Waals surface area contributed by atoms with Gasteiger partial charge in [-0.25, -0.2) is 0 Å². The van der Waals surface area contributed by atoms with E-state index in [1.807, 2.05) is 12.3 Å². The van der Waals surface area contributed by atoms with E-state index in [-0.39, 0.29) is 0 Å². The molecule has 2 aromatic rings. The van der Waals surface area contributed by atoms with Crippen LogP contribution in [0.5, 0.6) is 0 Å². The molecule has 0 aliphatic carbocycles. The van der Waals surface area contributed by atoms with Crippen LogP contribution in [-0.2, 0) is 0 Å². The Hall–Kier alpha value is -1.15. The summed E-state index contributed by atoms with van der Waals surface area (Å²) in [4.78, 5) is 4.11. The van der Waals surface area contributed by atoms with Gasteiger partial charge in [0.25, 0.3) is 0 Å². The molecule has 2 heteroatoms. The second-order valence-electron chi connectivity index (χ2n) is 3.18. The molecule has 0 aliphatic heterocycles. The maximum atomic E-state index is 4.11. The molecule has 1 aromatic carbocycles. The summed E-state index contributed by atoms with van der Waals surface area (Å²) in [6.45, 7) is 2.09. The number of pyridine rings is 1. The molecule has 0 radical (unpaired) electrons. The number of aromatic nitrogens is 1. The van der Waals surface area contributed by atoms with Gasteiger partial charge in [-0.3, -0.25) is 4.98 Å². The van der Waals surface area contributed by atoms with E-state index in [4.69, 9.17) is 0 Å². The molecule has 0 atom stereocenters. The highest BCUT2D eigenvalue weighted by Gasteiger charge is 2.03. The standard InChI is InChI=1S/C12H10BrN/c1-9-4-2-6-11(12(9)13)10-5-3-7-14-8-10/h2-8H,1H3. The van der Waals surface area contributed by atoms with Gasteiger partial charge < -0.3 is 0 Å². The summed E-state index contributed by atoms with van der Waals surface area (Å²) >= 11 is 3.59. The lowest BCUT2D eigenvalue weighted by molar-refractivity contribution is 1.32. The first-order chi connectivity index (χ1) is 6.79. The molecule has 1 heterocycles. The highest BCUT2D eigenvalue weighted by Crippen LogP contribution is 2.29. The fourth-order valence-electron chi connectivity index (χ4n) is 1.39. The van der Waals surface area contributed by atoms with E-state index < -0.39 is 0 Å². The van der Waals surface area contributed by atoms with Crippen LogP contribution in [0.4, 0.5) is 0 Å². The van der Waals surface area contributed by atoms with Gasteiger partial charge in [0, 0.05) is 22.4 Å². The summed E-state index contributed by atoms with van der Waals surface area (Å²) < 4.78 is 1.15. The van der Waals surface area contributed by atoms with Crippen LogP contribution in [0.25, 0.3) is 11.1 Å². The van der Waals surface area contributed by atoms with Crippen molar-refractivity contribution in [1.29, 1.82) is 0 Å². The minimum atomic E-state index is 1.14. The zero-order valence-electron chi connectivity index (χ0n) is 7.87. The van der Waals surface area contributed by atoms with E-state index in [0.29, 0.717) is 0 Å². The largest absolute Gasteiger partial charge is 0.264 e. The van der Waals surface area contributed by atoms with Crippen molar-refractivity contribution in [3.05, 3.63) is 52.8 Å². The van der Waals surface area contributed by atoms with Gasteiger partial charge in [0.05, 0.1) is 0 Å². The molecule has 0 saturated carbocycles. The average molecular weight is 248 g/mol. The molecular formula is C12H10BrN. The van der Waals surface area contributed by atoms with Crippen molar-refractivity contribution in [2.75, 3.05) is 0 Å². The van der Waals surface area contributed by atoms with Crippen molar-refractivity contribution in [3.63, 3.8) is 0 Å². The van der Waals surface area contributed by atoms with Gasteiger partial charge in [0.1, 0.15) is 0 Å². The first-order valence-corrected chi connectivity index (χ1v) is 5.24. The molecule has 0 aliphatic rings. The first-order valence-electron chi connectivity index (χ1n) is 4.44. The third-order valence-corrected chi connectivity index (χ3v) is 3.22. The number of nitrogens with zero attached hydrogens (tertiary/aromatic N) is 1. The molecule has 0 N–H and O–H groups in total. The first kappa shape index (κ1) is 9.41. The van der Waals surface area contributed by atoms with Gasteiger partial charge >= 0.3 is 0 Å². The molecule has 0 unspecified atom stereocenters. The number of hydrogen-bond acceptors (Lipinski definition) is 1. The minimum Gasteiger partial charge on any atom is -0.264 e. The van der Waals surface area contributed by atoms with Crippen LogP contribution in [0.2, 0.25) is 0 Å². The number of rotatable bonds is 1. The van der Waals surface area contributed by atoms with Crippen LogP contribution >= 0.6 is 15.9 Å².